The number of amides is 1. The van der Waals surface area contributed by atoms with E-state index in [1.807, 2.05) is 12.4 Å². The third kappa shape index (κ3) is 2.97. The number of fused-ring (bicyclic) bond motifs is 1. The summed E-state index contributed by atoms with van der Waals surface area (Å²) < 4.78 is 0. The molecule has 0 bridgehead atoms. The molecular formula is C20H25N3O. The highest BCUT2D eigenvalue weighted by Gasteiger charge is 2.23. The van der Waals surface area contributed by atoms with Gasteiger partial charge in [-0.05, 0) is 50.3 Å². The summed E-state index contributed by atoms with van der Waals surface area (Å²) in [5.41, 5.74) is 2.17. The zero-order valence-corrected chi connectivity index (χ0v) is 14.1. The number of hydrogen-bond donors (Lipinski definition) is 1. The van der Waals surface area contributed by atoms with Gasteiger partial charge in [0.2, 0.25) is 5.91 Å². The molecule has 4 heteroatoms. The Hall–Kier alpha value is -2.10. The van der Waals surface area contributed by atoms with Gasteiger partial charge >= 0.3 is 0 Å². The van der Waals surface area contributed by atoms with Crippen molar-refractivity contribution >= 4 is 28.1 Å². The standard InChI is InChI=1S/C20H25N3O/c24-20(15-6-2-3-7-15)22-18-8-9-19(23-12-4-1-5-13-23)16-10-11-21-14-17(16)18/h8-11,14-15H,1-7,12-13H2,(H,22,24). The number of pyridine rings is 1. The largest absolute Gasteiger partial charge is 0.371 e. The van der Waals surface area contributed by atoms with Gasteiger partial charge in [0, 0.05) is 47.9 Å². The topological polar surface area (TPSA) is 45.2 Å². The number of hydrogen-bond acceptors (Lipinski definition) is 3. The molecule has 1 N–H and O–H groups in total. The number of anilines is 2. The van der Waals surface area contributed by atoms with Crippen molar-refractivity contribution in [1.82, 2.24) is 4.98 Å². The summed E-state index contributed by atoms with van der Waals surface area (Å²) in [4.78, 5) is 19.3. The molecule has 2 heterocycles. The molecule has 1 aromatic heterocycles. The van der Waals surface area contributed by atoms with Crippen molar-refractivity contribution in [2.24, 2.45) is 5.92 Å². The highest BCUT2D eigenvalue weighted by Crippen LogP contribution is 2.34. The maximum absolute atomic E-state index is 12.5. The third-order valence-electron chi connectivity index (χ3n) is 5.48. The Morgan fingerprint density at radius 3 is 2.58 bits per heavy atom. The van der Waals surface area contributed by atoms with Crippen LogP contribution in [0.5, 0.6) is 0 Å². The van der Waals surface area contributed by atoms with Gasteiger partial charge in [-0.15, -0.1) is 0 Å². The van der Waals surface area contributed by atoms with Gasteiger partial charge in [0.15, 0.2) is 0 Å². The van der Waals surface area contributed by atoms with Crippen molar-refractivity contribution in [3.8, 4) is 0 Å². The Morgan fingerprint density at radius 1 is 1.00 bits per heavy atom. The van der Waals surface area contributed by atoms with E-state index in [9.17, 15) is 4.79 Å². The fourth-order valence-electron chi connectivity index (χ4n) is 4.12. The second-order valence-electron chi connectivity index (χ2n) is 7.07. The Labute approximate surface area is 143 Å². The summed E-state index contributed by atoms with van der Waals surface area (Å²) in [7, 11) is 0. The average molecular weight is 323 g/mol. The second kappa shape index (κ2) is 6.80. The highest BCUT2D eigenvalue weighted by atomic mass is 16.1. The van der Waals surface area contributed by atoms with Crippen LogP contribution in [0.4, 0.5) is 11.4 Å². The zero-order chi connectivity index (χ0) is 16.4. The number of benzene rings is 1. The monoisotopic (exact) mass is 323 g/mol. The number of piperidine rings is 1. The number of nitrogens with zero attached hydrogens (tertiary/aromatic N) is 2. The summed E-state index contributed by atoms with van der Waals surface area (Å²) >= 11 is 0. The fraction of sp³-hybridized carbons (Fsp3) is 0.500. The predicted octanol–water partition coefficient (Wildman–Crippen LogP) is 4.35. The van der Waals surface area contributed by atoms with Gasteiger partial charge in [-0.1, -0.05) is 12.8 Å². The first-order valence-electron chi connectivity index (χ1n) is 9.25. The lowest BCUT2D eigenvalue weighted by atomic mass is 10.0. The van der Waals surface area contributed by atoms with Gasteiger partial charge < -0.3 is 10.2 Å². The molecule has 1 saturated carbocycles. The van der Waals surface area contributed by atoms with Gasteiger partial charge in [0.05, 0.1) is 5.69 Å². The molecule has 0 radical (unpaired) electrons. The molecule has 0 unspecified atom stereocenters. The minimum absolute atomic E-state index is 0.170. The number of carbonyl (C=O) groups is 1. The molecule has 0 spiro atoms. The molecule has 2 fully saturated rings. The Bertz CT molecular complexity index is 731. The first kappa shape index (κ1) is 15.4. The minimum atomic E-state index is 0.170. The van der Waals surface area contributed by atoms with Gasteiger partial charge in [-0.25, -0.2) is 0 Å². The minimum Gasteiger partial charge on any atom is -0.371 e. The van der Waals surface area contributed by atoms with Crippen molar-refractivity contribution in [3.63, 3.8) is 0 Å². The second-order valence-corrected chi connectivity index (χ2v) is 7.07. The first-order chi connectivity index (χ1) is 11.8. The van der Waals surface area contributed by atoms with Crippen molar-refractivity contribution in [2.45, 2.75) is 44.9 Å². The van der Waals surface area contributed by atoms with Crippen LogP contribution in [0.3, 0.4) is 0 Å². The molecule has 1 aromatic carbocycles. The SMILES string of the molecule is O=C(Nc1ccc(N2CCCCC2)c2ccncc12)C1CCCC1. The summed E-state index contributed by atoms with van der Waals surface area (Å²) in [6, 6.07) is 6.29. The molecule has 126 valence electrons. The van der Waals surface area contributed by atoms with E-state index in [0.717, 1.165) is 37.0 Å². The van der Waals surface area contributed by atoms with E-state index >= 15 is 0 Å². The van der Waals surface area contributed by atoms with Crippen LogP contribution >= 0.6 is 0 Å². The lowest BCUT2D eigenvalue weighted by molar-refractivity contribution is -0.119. The van der Waals surface area contributed by atoms with Gasteiger partial charge in [-0.3, -0.25) is 9.78 Å². The lowest BCUT2D eigenvalue weighted by Crippen LogP contribution is -2.29. The maximum Gasteiger partial charge on any atom is 0.227 e. The molecule has 0 atom stereocenters. The number of carbonyl (C=O) groups excluding carboxylic acids is 1. The normalized spacial score (nSPS) is 18.9. The van der Waals surface area contributed by atoms with Crippen molar-refractivity contribution in [3.05, 3.63) is 30.6 Å². The van der Waals surface area contributed by atoms with Crippen LogP contribution in [0.1, 0.15) is 44.9 Å². The van der Waals surface area contributed by atoms with Crippen LogP contribution in [-0.2, 0) is 4.79 Å². The molecule has 1 aliphatic heterocycles. The van der Waals surface area contributed by atoms with E-state index in [1.54, 1.807) is 0 Å². The number of nitrogens with one attached hydrogen (secondary N) is 1. The first-order valence-corrected chi connectivity index (χ1v) is 9.25. The molecule has 24 heavy (non-hydrogen) atoms. The summed E-state index contributed by atoms with van der Waals surface area (Å²) in [6.07, 6.45) is 12.0. The molecule has 4 nitrogen and oxygen atoms in total. The Morgan fingerprint density at radius 2 is 1.79 bits per heavy atom. The zero-order valence-electron chi connectivity index (χ0n) is 14.1. The van der Waals surface area contributed by atoms with E-state index in [4.69, 9.17) is 0 Å². The van der Waals surface area contributed by atoms with E-state index in [1.165, 1.54) is 43.2 Å². The van der Waals surface area contributed by atoms with Crippen LogP contribution in [0.15, 0.2) is 30.6 Å². The lowest BCUT2D eigenvalue weighted by Gasteiger charge is -2.30. The third-order valence-corrected chi connectivity index (χ3v) is 5.48. The highest BCUT2D eigenvalue weighted by molar-refractivity contribution is 6.06. The van der Waals surface area contributed by atoms with Gasteiger partial charge in [0.25, 0.3) is 0 Å². The van der Waals surface area contributed by atoms with Crippen LogP contribution in [0.25, 0.3) is 10.8 Å². The Balaban J connectivity index is 1.66. The van der Waals surface area contributed by atoms with Crippen LogP contribution in [0, 0.1) is 5.92 Å². The predicted molar refractivity (Wildman–Crippen MR) is 98.4 cm³/mol. The number of rotatable bonds is 3. The van der Waals surface area contributed by atoms with Crippen molar-refractivity contribution in [2.75, 3.05) is 23.3 Å². The Kier molecular flexibility index (Phi) is 4.37. The van der Waals surface area contributed by atoms with E-state index in [2.05, 4.69) is 33.4 Å². The van der Waals surface area contributed by atoms with Crippen LogP contribution in [0.2, 0.25) is 0 Å². The summed E-state index contributed by atoms with van der Waals surface area (Å²) in [5, 5.41) is 5.40. The average Bonchev–Trinajstić information content (AvgIpc) is 3.17. The number of aromatic nitrogens is 1. The van der Waals surface area contributed by atoms with Crippen molar-refractivity contribution < 1.29 is 4.79 Å². The molecule has 2 aromatic rings. The molecule has 1 amide bonds. The van der Waals surface area contributed by atoms with Crippen molar-refractivity contribution in [1.29, 1.82) is 0 Å². The van der Waals surface area contributed by atoms with E-state index in [-0.39, 0.29) is 11.8 Å². The fourth-order valence-corrected chi connectivity index (χ4v) is 4.12. The molecule has 1 aliphatic carbocycles. The van der Waals surface area contributed by atoms with E-state index in [0.29, 0.717) is 0 Å². The molecule has 2 aliphatic rings. The smallest absolute Gasteiger partial charge is 0.227 e. The van der Waals surface area contributed by atoms with Gasteiger partial charge in [-0.2, -0.15) is 0 Å². The summed E-state index contributed by atoms with van der Waals surface area (Å²) in [5.74, 6) is 0.349. The summed E-state index contributed by atoms with van der Waals surface area (Å²) in [6.45, 7) is 2.23. The van der Waals surface area contributed by atoms with Crippen LogP contribution < -0.4 is 10.2 Å². The quantitative estimate of drug-likeness (QED) is 0.913. The van der Waals surface area contributed by atoms with E-state index < -0.39 is 0 Å². The van der Waals surface area contributed by atoms with Crippen LogP contribution in [-0.4, -0.2) is 24.0 Å². The molecular weight excluding hydrogens is 298 g/mol. The van der Waals surface area contributed by atoms with Gasteiger partial charge in [0.1, 0.15) is 0 Å². The molecule has 1 saturated heterocycles. The maximum atomic E-state index is 12.5. The molecule has 4 rings (SSSR count).